The van der Waals surface area contributed by atoms with E-state index in [2.05, 4.69) is 4.90 Å². The van der Waals surface area contributed by atoms with E-state index in [-0.39, 0.29) is 21.9 Å². The molecule has 0 spiro atoms. The summed E-state index contributed by atoms with van der Waals surface area (Å²) < 4.78 is 0. The lowest BCUT2D eigenvalue weighted by Crippen LogP contribution is -2.62. The molecule has 5 fully saturated rings. The van der Waals surface area contributed by atoms with Gasteiger partial charge in [0.05, 0.1) is 15.9 Å². The van der Waals surface area contributed by atoms with Gasteiger partial charge in [-0.1, -0.05) is 0 Å². The Balaban J connectivity index is 1.26. The van der Waals surface area contributed by atoms with Gasteiger partial charge in [0.2, 0.25) is 5.91 Å². The molecule has 1 saturated heterocycles. The summed E-state index contributed by atoms with van der Waals surface area (Å²) in [6, 6.07) is 6.63. The van der Waals surface area contributed by atoms with Crippen molar-refractivity contribution in [2.24, 2.45) is 17.3 Å². The van der Waals surface area contributed by atoms with Crippen molar-refractivity contribution in [3.05, 3.63) is 34.4 Å². The summed E-state index contributed by atoms with van der Waals surface area (Å²) in [5.74, 6) is 1.27. The molecule has 1 aromatic rings. The van der Waals surface area contributed by atoms with Crippen molar-refractivity contribution in [2.45, 2.75) is 44.1 Å². The first kappa shape index (κ1) is 17.9. The molecule has 7 nitrogen and oxygen atoms in total. The topological polar surface area (TPSA) is 86.9 Å². The monoisotopic (exact) mass is 385 g/mol. The number of piperazine rings is 1. The number of nitro benzene ring substituents is 1. The van der Waals surface area contributed by atoms with Crippen LogP contribution in [0.5, 0.6) is 0 Å². The van der Waals surface area contributed by atoms with Gasteiger partial charge in [-0.05, 0) is 62.5 Å². The van der Waals surface area contributed by atoms with Crippen LogP contribution in [-0.2, 0) is 4.79 Å². The molecule has 6 rings (SSSR count). The van der Waals surface area contributed by atoms with Crippen LogP contribution in [0, 0.1) is 27.4 Å². The van der Waals surface area contributed by atoms with Crippen LogP contribution in [0.1, 0.15) is 38.5 Å². The van der Waals surface area contributed by atoms with Gasteiger partial charge in [0.15, 0.2) is 0 Å². The van der Waals surface area contributed by atoms with E-state index in [0.717, 1.165) is 44.5 Å². The minimum absolute atomic E-state index is 0.0947. The van der Waals surface area contributed by atoms with E-state index in [0.29, 0.717) is 31.3 Å². The molecule has 0 radical (unpaired) electrons. The number of aliphatic hydroxyl groups is 1. The Labute approximate surface area is 164 Å². The predicted octanol–water partition coefficient (Wildman–Crippen LogP) is 2.57. The molecule has 1 aliphatic heterocycles. The zero-order chi connectivity index (χ0) is 19.5. The van der Waals surface area contributed by atoms with Crippen LogP contribution < -0.4 is 4.90 Å². The first-order valence-corrected chi connectivity index (χ1v) is 10.4. The second-order valence-corrected chi connectivity index (χ2v) is 9.52. The fraction of sp³-hybridized carbons (Fsp3) is 0.667. The minimum Gasteiger partial charge on any atom is -0.390 e. The molecule has 1 heterocycles. The lowest BCUT2D eigenvalue weighted by atomic mass is 9.47. The molecule has 4 aliphatic carbocycles. The Hall–Kier alpha value is -2.15. The van der Waals surface area contributed by atoms with Gasteiger partial charge in [-0.15, -0.1) is 0 Å². The fourth-order valence-electron chi connectivity index (χ4n) is 6.75. The molecular weight excluding hydrogens is 358 g/mol. The van der Waals surface area contributed by atoms with Gasteiger partial charge in [0.1, 0.15) is 0 Å². The molecule has 1 aromatic carbocycles. The number of benzene rings is 1. The number of nitrogens with zero attached hydrogens (tertiary/aromatic N) is 3. The highest BCUT2D eigenvalue weighted by Crippen LogP contribution is 2.62. The quantitative estimate of drug-likeness (QED) is 0.638. The van der Waals surface area contributed by atoms with Gasteiger partial charge in [-0.2, -0.15) is 0 Å². The maximum Gasteiger partial charge on any atom is 0.269 e. The second-order valence-electron chi connectivity index (χ2n) is 9.52. The molecule has 150 valence electrons. The summed E-state index contributed by atoms with van der Waals surface area (Å²) >= 11 is 0. The van der Waals surface area contributed by atoms with Crippen LogP contribution >= 0.6 is 0 Å². The molecule has 5 aliphatic rings. The van der Waals surface area contributed by atoms with Gasteiger partial charge in [0.25, 0.3) is 5.69 Å². The summed E-state index contributed by atoms with van der Waals surface area (Å²) in [4.78, 5) is 28.1. The van der Waals surface area contributed by atoms with Crippen molar-refractivity contribution in [1.29, 1.82) is 0 Å². The molecule has 4 saturated carbocycles. The van der Waals surface area contributed by atoms with Crippen LogP contribution in [0.4, 0.5) is 11.4 Å². The number of hydrogen-bond donors (Lipinski definition) is 1. The second kappa shape index (κ2) is 6.17. The lowest BCUT2D eigenvalue weighted by Gasteiger charge is -2.60. The van der Waals surface area contributed by atoms with E-state index in [9.17, 15) is 20.0 Å². The molecule has 28 heavy (non-hydrogen) atoms. The van der Waals surface area contributed by atoms with Crippen molar-refractivity contribution in [3.8, 4) is 0 Å². The average molecular weight is 385 g/mol. The van der Waals surface area contributed by atoms with E-state index in [4.69, 9.17) is 0 Å². The van der Waals surface area contributed by atoms with E-state index in [1.54, 1.807) is 12.1 Å². The predicted molar refractivity (Wildman–Crippen MR) is 104 cm³/mol. The Bertz CT molecular complexity index is 786. The standard InChI is InChI=1S/C21H27N3O4/c25-19(20-10-15-9-16(11-20)13-21(26,12-15)14-20)23-7-5-22(6-8-23)17-1-3-18(4-2-17)24(27)28/h1-4,15-16,26H,5-14H2/t15-,16+,20?,21?. The van der Waals surface area contributed by atoms with E-state index in [1.807, 2.05) is 4.90 Å². The molecule has 0 aromatic heterocycles. The maximum atomic E-state index is 13.5. The molecule has 1 amide bonds. The number of nitro groups is 1. The Morgan fingerprint density at radius 2 is 1.64 bits per heavy atom. The van der Waals surface area contributed by atoms with Crippen LogP contribution in [0.3, 0.4) is 0 Å². The van der Waals surface area contributed by atoms with Gasteiger partial charge >= 0.3 is 0 Å². The third-order valence-electron chi connectivity index (χ3n) is 7.48. The third-order valence-corrected chi connectivity index (χ3v) is 7.48. The van der Waals surface area contributed by atoms with Crippen molar-refractivity contribution < 1.29 is 14.8 Å². The molecular formula is C21H27N3O4. The minimum atomic E-state index is -0.611. The van der Waals surface area contributed by atoms with Crippen molar-refractivity contribution in [2.75, 3.05) is 31.1 Å². The first-order chi connectivity index (χ1) is 13.4. The molecule has 4 bridgehead atoms. The van der Waals surface area contributed by atoms with Crippen LogP contribution in [0.25, 0.3) is 0 Å². The number of amides is 1. The van der Waals surface area contributed by atoms with Crippen LogP contribution in [0.2, 0.25) is 0 Å². The lowest BCUT2D eigenvalue weighted by molar-refractivity contribution is -0.384. The largest absolute Gasteiger partial charge is 0.390 e. The highest BCUT2D eigenvalue weighted by atomic mass is 16.6. The first-order valence-electron chi connectivity index (χ1n) is 10.4. The maximum absolute atomic E-state index is 13.5. The van der Waals surface area contributed by atoms with Crippen molar-refractivity contribution in [3.63, 3.8) is 0 Å². The van der Waals surface area contributed by atoms with Crippen molar-refractivity contribution >= 4 is 17.3 Å². The van der Waals surface area contributed by atoms with Crippen LogP contribution in [-0.4, -0.2) is 52.6 Å². The number of anilines is 1. The van der Waals surface area contributed by atoms with E-state index < -0.39 is 5.60 Å². The summed E-state index contributed by atoms with van der Waals surface area (Å²) in [7, 11) is 0. The van der Waals surface area contributed by atoms with Gasteiger partial charge in [-0.25, -0.2) is 0 Å². The molecule has 4 atom stereocenters. The van der Waals surface area contributed by atoms with Gasteiger partial charge < -0.3 is 14.9 Å². The number of non-ortho nitro benzene ring substituents is 1. The smallest absolute Gasteiger partial charge is 0.269 e. The van der Waals surface area contributed by atoms with E-state index >= 15 is 0 Å². The number of hydrogen-bond acceptors (Lipinski definition) is 5. The SMILES string of the molecule is O=C(N1CCN(c2ccc([N+](=O)[O-])cc2)CC1)C12C[C@@H]3C[C@@H](CC(O)(C3)C1)C2. The third kappa shape index (κ3) is 2.87. The summed E-state index contributed by atoms with van der Waals surface area (Å²) in [5.41, 5.74) is 0.105. The number of carbonyl (C=O) groups excluding carboxylic acids is 1. The van der Waals surface area contributed by atoms with Crippen LogP contribution in [0.15, 0.2) is 24.3 Å². The average Bonchev–Trinajstić information content (AvgIpc) is 2.66. The number of rotatable bonds is 3. The highest BCUT2D eigenvalue weighted by molar-refractivity contribution is 5.84. The van der Waals surface area contributed by atoms with Gasteiger partial charge in [-0.3, -0.25) is 14.9 Å². The zero-order valence-corrected chi connectivity index (χ0v) is 16.0. The molecule has 7 heteroatoms. The Kier molecular flexibility index (Phi) is 3.95. The Morgan fingerprint density at radius 1 is 1.04 bits per heavy atom. The van der Waals surface area contributed by atoms with E-state index in [1.165, 1.54) is 18.6 Å². The Morgan fingerprint density at radius 3 is 2.18 bits per heavy atom. The normalized spacial score (nSPS) is 36.6. The molecule has 2 unspecified atom stereocenters. The highest BCUT2D eigenvalue weighted by Gasteiger charge is 2.60. The number of carbonyl (C=O) groups is 1. The molecule has 1 N–H and O–H groups in total. The summed E-state index contributed by atoms with van der Waals surface area (Å²) in [6.45, 7) is 2.81. The summed E-state index contributed by atoms with van der Waals surface area (Å²) in [5, 5.41) is 21.8. The van der Waals surface area contributed by atoms with Gasteiger partial charge in [0, 0.05) is 44.0 Å². The van der Waals surface area contributed by atoms with Crippen molar-refractivity contribution in [1.82, 2.24) is 4.90 Å². The zero-order valence-electron chi connectivity index (χ0n) is 16.0. The fourth-order valence-corrected chi connectivity index (χ4v) is 6.75. The summed E-state index contributed by atoms with van der Waals surface area (Å²) in [6.07, 6.45) is 5.50.